The summed E-state index contributed by atoms with van der Waals surface area (Å²) in [7, 11) is 1.22. The van der Waals surface area contributed by atoms with Crippen LogP contribution in [0, 0.1) is 0 Å². The van der Waals surface area contributed by atoms with Crippen LogP contribution in [0.3, 0.4) is 0 Å². The van der Waals surface area contributed by atoms with Gasteiger partial charge in [-0.1, -0.05) is 191 Å². The third-order valence-electron chi connectivity index (χ3n) is 12.1. The van der Waals surface area contributed by atoms with Gasteiger partial charge >= 0.3 is 30.1 Å². The number of aromatic nitrogens is 1. The summed E-state index contributed by atoms with van der Waals surface area (Å²) in [6.07, 6.45) is -8.64. The highest BCUT2D eigenvalue weighted by Crippen LogP contribution is 2.45. The molecule has 2 aliphatic heterocycles. The normalized spacial score (nSPS) is 16.2. The second-order valence-electron chi connectivity index (χ2n) is 17.9. The number of anilines is 1. The number of ether oxygens (including phenoxy) is 6. The van der Waals surface area contributed by atoms with Crippen LogP contribution in [0.1, 0.15) is 66.3 Å². The summed E-state index contributed by atoms with van der Waals surface area (Å²) < 4.78 is 29.6. The number of methoxy groups -OCH3 is 1. The summed E-state index contributed by atoms with van der Waals surface area (Å²) in [5, 5.41) is 15.8. The number of esters is 2. The molecular weight excluding hydrogens is 1240 g/mol. The third-order valence-corrected chi connectivity index (χ3v) is 14.8. The average molecular weight is 1280 g/mol. The SMILES string of the molecule is COC(OC(C)=O)C1=C(C(=O)OC(c2ccccc2)c2ccccc2)N2C(=O)[C@@H](N(C(=O)CCCC(NC(=O)OCC(Cl)(Cl)Cl)(OC(c3ccccc3)c3ccccc3)C(=O)O)C(=O)Cc3csc(NC(=O)OCC(Cl)(Cl)Cl)n3)[C@H]2SC1. The lowest BCUT2D eigenvalue weighted by Crippen LogP contribution is -2.72. The van der Waals surface area contributed by atoms with Gasteiger partial charge < -0.3 is 33.5 Å². The molecule has 7 rings (SSSR count). The highest BCUT2D eigenvalue weighted by molar-refractivity contribution is 8.00. The Labute approximate surface area is 507 Å². The summed E-state index contributed by atoms with van der Waals surface area (Å²) in [6.45, 7) is -0.312. The summed E-state index contributed by atoms with van der Waals surface area (Å²) in [5.41, 5.74) is -1.02. The molecule has 0 radical (unpaired) electrons. The van der Waals surface area contributed by atoms with Crippen molar-refractivity contribution in [2.45, 2.75) is 75.8 Å². The quantitative estimate of drug-likeness (QED) is 0.0181. The molecule has 4 atom stereocenters. The number of nitrogens with one attached hydrogen (secondary N) is 2. The topological polar surface area (TPSA) is 256 Å². The number of benzene rings is 4. The van der Waals surface area contributed by atoms with Gasteiger partial charge in [0.1, 0.15) is 36.4 Å². The number of carbonyl (C=O) groups excluding carboxylic acids is 7. The van der Waals surface area contributed by atoms with Crippen molar-refractivity contribution in [1.29, 1.82) is 0 Å². The van der Waals surface area contributed by atoms with E-state index in [-0.39, 0.29) is 27.8 Å². The number of aliphatic carboxylic acids is 1. The number of carboxylic acids is 1. The van der Waals surface area contributed by atoms with Crippen LogP contribution in [-0.2, 0) is 63.6 Å². The molecule has 5 amide bonds. The minimum atomic E-state index is -2.71. The Morgan fingerprint density at radius 3 is 1.74 bits per heavy atom. The van der Waals surface area contributed by atoms with E-state index < -0.39 is 130 Å². The first-order valence-electron chi connectivity index (χ1n) is 24.5. The van der Waals surface area contributed by atoms with Gasteiger partial charge in [0.05, 0.1) is 12.1 Å². The molecule has 3 N–H and O–H groups in total. The molecular formula is C54H49Cl6N5O15S2. The zero-order valence-electron chi connectivity index (χ0n) is 43.0. The number of alkyl carbamates (subject to hydrolysis) is 1. The van der Waals surface area contributed by atoms with Crippen molar-refractivity contribution >= 4 is 146 Å². The summed E-state index contributed by atoms with van der Waals surface area (Å²) in [5.74, 6) is -6.72. The van der Waals surface area contributed by atoms with Crippen LogP contribution >= 0.6 is 92.7 Å². The Morgan fingerprint density at radius 1 is 0.744 bits per heavy atom. The van der Waals surface area contributed by atoms with Crippen LogP contribution in [-0.4, -0.2) is 125 Å². The molecule has 20 nitrogen and oxygen atoms in total. The molecule has 28 heteroatoms. The highest BCUT2D eigenvalue weighted by Gasteiger charge is 2.59. The maximum atomic E-state index is 15.0. The number of fused-ring (bicyclic) bond motifs is 1. The van der Waals surface area contributed by atoms with Crippen LogP contribution < -0.4 is 10.6 Å². The first-order chi connectivity index (χ1) is 39.0. The molecule has 0 saturated carbocycles. The third kappa shape index (κ3) is 16.8. The Morgan fingerprint density at radius 2 is 1.26 bits per heavy atom. The van der Waals surface area contributed by atoms with E-state index in [4.69, 9.17) is 98.0 Å². The molecule has 434 valence electrons. The van der Waals surface area contributed by atoms with E-state index in [0.29, 0.717) is 27.2 Å². The molecule has 1 aromatic heterocycles. The number of hydrogen-bond acceptors (Lipinski definition) is 17. The molecule has 2 unspecified atom stereocenters. The fraction of sp³-hybridized carbons (Fsp3) is 0.315. The van der Waals surface area contributed by atoms with E-state index in [2.05, 4.69) is 15.6 Å². The van der Waals surface area contributed by atoms with Crippen molar-refractivity contribution in [2.75, 3.05) is 31.4 Å². The summed E-state index contributed by atoms with van der Waals surface area (Å²) >= 11 is 36.5. The second kappa shape index (κ2) is 28.4. The molecule has 5 aromatic rings. The number of imide groups is 1. The second-order valence-corrected chi connectivity index (χ2v) is 24.9. The lowest BCUT2D eigenvalue weighted by atomic mass is 9.97. The first kappa shape index (κ1) is 63.4. The molecule has 1 fully saturated rings. The van der Waals surface area contributed by atoms with E-state index in [1.165, 1.54) is 12.5 Å². The number of halogens is 6. The number of carboxylic acid groups (broad SMARTS) is 1. The van der Waals surface area contributed by atoms with Crippen molar-refractivity contribution in [3.63, 3.8) is 0 Å². The van der Waals surface area contributed by atoms with E-state index >= 15 is 4.79 Å². The summed E-state index contributed by atoms with van der Waals surface area (Å²) in [4.78, 5) is 118. The van der Waals surface area contributed by atoms with Gasteiger partial charge in [-0.05, 0) is 28.7 Å². The van der Waals surface area contributed by atoms with Crippen LogP contribution in [0.15, 0.2) is 138 Å². The minimum Gasteiger partial charge on any atom is -0.478 e. The Kier molecular flexibility index (Phi) is 22.0. The zero-order chi connectivity index (χ0) is 59.4. The standard InChI is InChI=1S/C54H49Cl6N5O15S2/c1-31(66)78-47(75-2)37-28-81-45-41(44(69)65(45)40(37)46(70)79-42(32-16-7-3-8-17-32)33-18-9-4-10-19-33)64(39(68)26-36-27-82-49(61-36)62-50(73)76-29-53(55,56)57)38(67)24-15-25-52(48(71)72,63-51(74)77-30-54(58,59)60)80-43(34-20-11-5-12-21-34)35-22-13-6-14-23-35/h3-14,16-23,27,41-43,45,47H,15,24-26,28-30H2,1-2H3,(H,63,74)(H,71,72)(H,61,62,73)/t41-,45-,47?,52?/m1/s1. The Hall–Kier alpha value is -6.18. The van der Waals surface area contributed by atoms with Crippen LogP contribution in [0.2, 0.25) is 0 Å². The summed E-state index contributed by atoms with van der Waals surface area (Å²) in [6, 6.07) is 32.7. The van der Waals surface area contributed by atoms with E-state index in [0.717, 1.165) is 34.9 Å². The fourth-order valence-electron chi connectivity index (χ4n) is 8.57. The molecule has 0 aliphatic carbocycles. The average Bonchev–Trinajstić information content (AvgIpc) is 3.53. The number of thioether (sulfide) groups is 1. The van der Waals surface area contributed by atoms with Crippen molar-refractivity contribution in [3.05, 3.63) is 166 Å². The number of rotatable bonds is 23. The molecule has 1 saturated heterocycles. The lowest BCUT2D eigenvalue weighted by Gasteiger charge is -2.52. The maximum Gasteiger partial charge on any atom is 0.413 e. The predicted octanol–water partition coefficient (Wildman–Crippen LogP) is 10.2. The van der Waals surface area contributed by atoms with Crippen LogP contribution in [0.25, 0.3) is 0 Å². The van der Waals surface area contributed by atoms with Crippen molar-refractivity contribution in [1.82, 2.24) is 20.1 Å². The van der Waals surface area contributed by atoms with E-state index in [1.807, 2.05) is 0 Å². The number of alkyl halides is 6. The monoisotopic (exact) mass is 1280 g/mol. The van der Waals surface area contributed by atoms with Crippen LogP contribution in [0.5, 0.6) is 0 Å². The van der Waals surface area contributed by atoms with Gasteiger partial charge in [-0.15, -0.1) is 23.1 Å². The van der Waals surface area contributed by atoms with E-state index in [1.54, 1.807) is 121 Å². The lowest BCUT2D eigenvalue weighted by molar-refractivity contribution is -0.179. The highest BCUT2D eigenvalue weighted by atomic mass is 35.6. The molecule has 2 aliphatic rings. The number of amides is 5. The van der Waals surface area contributed by atoms with Gasteiger partial charge in [-0.25, -0.2) is 24.2 Å². The molecule has 3 heterocycles. The molecule has 4 aromatic carbocycles. The van der Waals surface area contributed by atoms with Crippen molar-refractivity contribution < 1.29 is 71.9 Å². The van der Waals surface area contributed by atoms with Gasteiger partial charge in [0.2, 0.25) is 31.4 Å². The Balaban J connectivity index is 1.24. The number of β-lactam (4-membered cyclic amide) rings is 1. The first-order valence-corrected chi connectivity index (χ1v) is 28.7. The Bertz CT molecular complexity index is 3060. The minimum absolute atomic E-state index is 0.0109. The number of thiazole rings is 1. The fourth-order valence-corrected chi connectivity index (χ4v) is 11.0. The molecule has 82 heavy (non-hydrogen) atoms. The van der Waals surface area contributed by atoms with Gasteiger partial charge in [0.15, 0.2) is 11.2 Å². The smallest absolute Gasteiger partial charge is 0.413 e. The maximum absolute atomic E-state index is 15.0. The number of hydrogen-bond donors (Lipinski definition) is 3. The van der Waals surface area contributed by atoms with Gasteiger partial charge in [-0.2, -0.15) is 0 Å². The van der Waals surface area contributed by atoms with Crippen molar-refractivity contribution in [3.8, 4) is 0 Å². The largest absolute Gasteiger partial charge is 0.478 e. The van der Waals surface area contributed by atoms with Gasteiger partial charge in [-0.3, -0.25) is 39.6 Å². The predicted molar refractivity (Wildman–Crippen MR) is 305 cm³/mol. The van der Waals surface area contributed by atoms with Crippen LogP contribution in [0.4, 0.5) is 14.7 Å². The zero-order valence-corrected chi connectivity index (χ0v) is 49.2. The van der Waals surface area contributed by atoms with Gasteiger partial charge in [0.25, 0.3) is 5.91 Å². The number of nitrogens with zero attached hydrogens (tertiary/aromatic N) is 3. The van der Waals surface area contributed by atoms with Crippen molar-refractivity contribution in [2.24, 2.45) is 0 Å². The van der Waals surface area contributed by atoms with Gasteiger partial charge in [0, 0.05) is 43.6 Å². The molecule has 0 spiro atoms. The van der Waals surface area contributed by atoms with E-state index in [9.17, 15) is 38.7 Å². The number of carbonyl (C=O) groups is 8. The molecule has 0 bridgehead atoms.